The van der Waals surface area contributed by atoms with E-state index >= 15 is 0 Å². The number of ether oxygens (including phenoxy) is 1. The number of alkyl halides is 2. The van der Waals surface area contributed by atoms with Crippen molar-refractivity contribution in [2.45, 2.75) is 27.0 Å². The van der Waals surface area contributed by atoms with Crippen LogP contribution in [0.4, 0.5) is 8.78 Å². The SMILES string of the molecule is CC(C)C(=O)NCc1ccc(Cl)c(-c2nc(-c3ccc(OC(F)F)cc3)cc(=O)[nH]2)c1. The first-order chi connectivity index (χ1) is 14.7. The van der Waals surface area contributed by atoms with Gasteiger partial charge in [0.25, 0.3) is 5.56 Å². The predicted octanol–water partition coefficient (Wildman–Crippen LogP) is 4.63. The average Bonchev–Trinajstić information content (AvgIpc) is 2.72. The predicted molar refractivity (Wildman–Crippen MR) is 114 cm³/mol. The van der Waals surface area contributed by atoms with Crippen molar-refractivity contribution in [3.63, 3.8) is 0 Å². The Kier molecular flexibility index (Phi) is 7.02. The number of carbonyl (C=O) groups excluding carboxylic acids is 1. The molecule has 0 radical (unpaired) electrons. The van der Waals surface area contributed by atoms with Gasteiger partial charge < -0.3 is 15.0 Å². The van der Waals surface area contributed by atoms with Gasteiger partial charge in [0.2, 0.25) is 5.91 Å². The van der Waals surface area contributed by atoms with Crippen molar-refractivity contribution in [2.75, 3.05) is 0 Å². The van der Waals surface area contributed by atoms with E-state index in [4.69, 9.17) is 11.6 Å². The number of nitrogens with one attached hydrogen (secondary N) is 2. The van der Waals surface area contributed by atoms with Crippen LogP contribution in [-0.2, 0) is 11.3 Å². The quantitative estimate of drug-likeness (QED) is 0.553. The van der Waals surface area contributed by atoms with Crippen molar-refractivity contribution < 1.29 is 18.3 Å². The highest BCUT2D eigenvalue weighted by Gasteiger charge is 2.12. The van der Waals surface area contributed by atoms with Gasteiger partial charge in [0, 0.05) is 29.7 Å². The molecule has 0 aliphatic heterocycles. The van der Waals surface area contributed by atoms with Gasteiger partial charge in [-0.25, -0.2) is 4.98 Å². The molecule has 0 saturated heterocycles. The van der Waals surface area contributed by atoms with Crippen LogP contribution in [-0.4, -0.2) is 22.5 Å². The van der Waals surface area contributed by atoms with E-state index in [9.17, 15) is 18.4 Å². The van der Waals surface area contributed by atoms with Crippen molar-refractivity contribution in [1.82, 2.24) is 15.3 Å². The molecule has 2 aromatic carbocycles. The van der Waals surface area contributed by atoms with Gasteiger partial charge in [-0.15, -0.1) is 0 Å². The number of H-pyrrole nitrogens is 1. The van der Waals surface area contributed by atoms with Gasteiger partial charge in [0.1, 0.15) is 11.6 Å². The monoisotopic (exact) mass is 447 g/mol. The average molecular weight is 448 g/mol. The van der Waals surface area contributed by atoms with Gasteiger partial charge in [0.15, 0.2) is 0 Å². The zero-order valence-electron chi connectivity index (χ0n) is 16.8. The number of carbonyl (C=O) groups is 1. The maximum absolute atomic E-state index is 12.3. The second kappa shape index (κ2) is 9.70. The molecular weight excluding hydrogens is 428 g/mol. The summed E-state index contributed by atoms with van der Waals surface area (Å²) in [7, 11) is 0. The molecule has 3 rings (SSSR count). The standard InChI is InChI=1S/C22H20ClF2N3O3/c1-12(2)21(30)26-11-13-3-8-17(23)16(9-13)20-27-18(10-19(29)28-20)14-4-6-15(7-5-14)31-22(24)25/h3-10,12,22H,11H2,1-2H3,(H,26,30)(H,27,28,29). The second-order valence-electron chi connectivity index (χ2n) is 7.07. The molecule has 6 nitrogen and oxygen atoms in total. The highest BCUT2D eigenvalue weighted by Crippen LogP contribution is 2.28. The largest absolute Gasteiger partial charge is 0.435 e. The molecule has 31 heavy (non-hydrogen) atoms. The molecule has 0 atom stereocenters. The molecule has 0 aliphatic carbocycles. The summed E-state index contributed by atoms with van der Waals surface area (Å²) in [5.41, 5.74) is 1.77. The lowest BCUT2D eigenvalue weighted by Gasteiger charge is -2.11. The Balaban J connectivity index is 1.91. The lowest BCUT2D eigenvalue weighted by Crippen LogP contribution is -2.27. The molecule has 0 aliphatic rings. The van der Waals surface area contributed by atoms with Crippen molar-refractivity contribution in [3.8, 4) is 28.4 Å². The summed E-state index contributed by atoms with van der Waals surface area (Å²) in [4.78, 5) is 31.2. The number of rotatable bonds is 7. The van der Waals surface area contributed by atoms with E-state index in [0.29, 0.717) is 28.4 Å². The fourth-order valence-electron chi connectivity index (χ4n) is 2.80. The zero-order valence-corrected chi connectivity index (χ0v) is 17.5. The number of halogens is 3. The van der Waals surface area contributed by atoms with Crippen LogP contribution in [0.1, 0.15) is 19.4 Å². The van der Waals surface area contributed by atoms with Crippen LogP contribution in [0.5, 0.6) is 5.75 Å². The van der Waals surface area contributed by atoms with E-state index in [1.807, 2.05) is 0 Å². The third-order valence-electron chi connectivity index (χ3n) is 4.39. The summed E-state index contributed by atoms with van der Waals surface area (Å²) in [6.45, 7) is 0.982. The van der Waals surface area contributed by atoms with E-state index < -0.39 is 12.2 Å². The molecule has 0 saturated carbocycles. The van der Waals surface area contributed by atoms with E-state index in [0.717, 1.165) is 5.56 Å². The Hall–Kier alpha value is -3.26. The molecule has 0 spiro atoms. The molecule has 1 heterocycles. The van der Waals surface area contributed by atoms with Crippen LogP contribution in [0.2, 0.25) is 5.02 Å². The number of benzene rings is 2. The minimum absolute atomic E-state index is 0.00278. The minimum Gasteiger partial charge on any atom is -0.435 e. The van der Waals surface area contributed by atoms with Crippen LogP contribution >= 0.6 is 11.6 Å². The third kappa shape index (κ3) is 5.88. The van der Waals surface area contributed by atoms with Crippen LogP contribution in [0.15, 0.2) is 53.3 Å². The Morgan fingerprint density at radius 2 is 1.87 bits per heavy atom. The molecule has 1 aromatic heterocycles. The van der Waals surface area contributed by atoms with E-state index in [2.05, 4.69) is 20.0 Å². The molecule has 1 amide bonds. The molecule has 9 heteroatoms. The highest BCUT2D eigenvalue weighted by molar-refractivity contribution is 6.33. The summed E-state index contributed by atoms with van der Waals surface area (Å²) >= 11 is 6.33. The number of hydrogen-bond donors (Lipinski definition) is 2. The van der Waals surface area contributed by atoms with Gasteiger partial charge in [-0.1, -0.05) is 31.5 Å². The Morgan fingerprint density at radius 1 is 1.16 bits per heavy atom. The maximum atomic E-state index is 12.3. The molecule has 162 valence electrons. The third-order valence-corrected chi connectivity index (χ3v) is 4.72. The number of aromatic nitrogens is 2. The molecule has 0 unspecified atom stereocenters. The zero-order chi connectivity index (χ0) is 22.5. The van der Waals surface area contributed by atoms with E-state index in [-0.39, 0.29) is 23.4 Å². The number of hydrogen-bond acceptors (Lipinski definition) is 4. The number of aromatic amines is 1. The Bertz CT molecular complexity index is 1130. The van der Waals surface area contributed by atoms with Crippen molar-refractivity contribution in [3.05, 3.63) is 69.5 Å². The number of amides is 1. The van der Waals surface area contributed by atoms with E-state index in [1.165, 1.54) is 30.3 Å². The second-order valence-corrected chi connectivity index (χ2v) is 7.48. The smallest absolute Gasteiger partial charge is 0.387 e. The number of nitrogens with zero attached hydrogens (tertiary/aromatic N) is 1. The summed E-state index contributed by atoms with van der Waals surface area (Å²) < 4.78 is 29.0. The van der Waals surface area contributed by atoms with Crippen molar-refractivity contribution in [1.29, 1.82) is 0 Å². The molecule has 0 bridgehead atoms. The fourth-order valence-corrected chi connectivity index (χ4v) is 3.00. The fraction of sp³-hybridized carbons (Fsp3) is 0.227. The lowest BCUT2D eigenvalue weighted by molar-refractivity contribution is -0.124. The summed E-state index contributed by atoms with van der Waals surface area (Å²) in [5, 5.41) is 3.20. The van der Waals surface area contributed by atoms with Gasteiger partial charge in [-0.3, -0.25) is 9.59 Å². The van der Waals surface area contributed by atoms with Crippen LogP contribution in [0.3, 0.4) is 0 Å². The molecule has 2 N–H and O–H groups in total. The Labute approximate surface area is 182 Å². The van der Waals surface area contributed by atoms with Crippen LogP contribution in [0, 0.1) is 5.92 Å². The lowest BCUT2D eigenvalue weighted by atomic mass is 10.1. The van der Waals surface area contributed by atoms with Gasteiger partial charge in [-0.2, -0.15) is 8.78 Å². The van der Waals surface area contributed by atoms with Crippen LogP contribution in [0.25, 0.3) is 22.6 Å². The maximum Gasteiger partial charge on any atom is 0.387 e. The summed E-state index contributed by atoms with van der Waals surface area (Å²) in [6, 6.07) is 12.3. The highest BCUT2D eigenvalue weighted by atomic mass is 35.5. The first kappa shape index (κ1) is 22.4. The normalized spacial score (nSPS) is 11.1. The topological polar surface area (TPSA) is 84.1 Å². The van der Waals surface area contributed by atoms with Crippen molar-refractivity contribution in [2.24, 2.45) is 5.92 Å². The summed E-state index contributed by atoms with van der Waals surface area (Å²) in [5.74, 6) is 0.0312. The minimum atomic E-state index is -2.92. The molecular formula is C22H20ClF2N3O3. The molecule has 0 fully saturated rings. The van der Waals surface area contributed by atoms with Crippen molar-refractivity contribution >= 4 is 17.5 Å². The molecule has 3 aromatic rings. The first-order valence-corrected chi connectivity index (χ1v) is 9.84. The first-order valence-electron chi connectivity index (χ1n) is 9.46. The van der Waals surface area contributed by atoms with E-state index in [1.54, 1.807) is 32.0 Å². The summed E-state index contributed by atoms with van der Waals surface area (Å²) in [6.07, 6.45) is 0. The van der Waals surface area contributed by atoms with Gasteiger partial charge >= 0.3 is 6.61 Å². The van der Waals surface area contributed by atoms with Crippen LogP contribution < -0.4 is 15.6 Å². The van der Waals surface area contributed by atoms with Gasteiger partial charge in [0.05, 0.1) is 10.7 Å². The van der Waals surface area contributed by atoms with Gasteiger partial charge in [-0.05, 0) is 42.0 Å². The Morgan fingerprint density at radius 3 is 2.52 bits per heavy atom.